The van der Waals surface area contributed by atoms with Crippen molar-refractivity contribution in [2.75, 3.05) is 5.73 Å². The quantitative estimate of drug-likeness (QED) is 0.905. The summed E-state index contributed by atoms with van der Waals surface area (Å²) in [5.74, 6) is -0.346. The molecule has 6 heteroatoms. The first-order chi connectivity index (χ1) is 9.16. The molecule has 2 heterocycles. The van der Waals surface area contributed by atoms with Gasteiger partial charge in [0.2, 0.25) is 0 Å². The smallest absolute Gasteiger partial charge is 0.273 e. The van der Waals surface area contributed by atoms with Crippen LogP contribution in [-0.4, -0.2) is 15.0 Å². The van der Waals surface area contributed by atoms with E-state index in [0.717, 1.165) is 11.1 Å². The molecule has 2 aromatic rings. The standard InChI is InChI=1S/C13H14N4O2/c1-13(18-5-6-19-13)11-4-2-3-10(7-11)9-17-15-8-12(14)16-17/h2-8H,9H2,1H3,(H2,14,16). The maximum atomic E-state index is 5.54. The van der Waals surface area contributed by atoms with E-state index >= 15 is 0 Å². The van der Waals surface area contributed by atoms with Gasteiger partial charge in [-0.2, -0.15) is 9.90 Å². The van der Waals surface area contributed by atoms with E-state index in [2.05, 4.69) is 10.2 Å². The minimum atomic E-state index is -0.757. The number of aromatic nitrogens is 3. The molecule has 0 amide bonds. The van der Waals surface area contributed by atoms with Gasteiger partial charge in [-0.05, 0) is 11.6 Å². The van der Waals surface area contributed by atoms with Gasteiger partial charge in [0.25, 0.3) is 5.79 Å². The largest absolute Gasteiger partial charge is 0.453 e. The van der Waals surface area contributed by atoms with Gasteiger partial charge in [0, 0.05) is 12.5 Å². The van der Waals surface area contributed by atoms with Gasteiger partial charge < -0.3 is 15.2 Å². The summed E-state index contributed by atoms with van der Waals surface area (Å²) >= 11 is 0. The monoisotopic (exact) mass is 258 g/mol. The third-order valence-electron chi connectivity index (χ3n) is 2.97. The first-order valence-electron chi connectivity index (χ1n) is 5.91. The van der Waals surface area contributed by atoms with Crippen LogP contribution in [0.5, 0.6) is 0 Å². The molecule has 2 N–H and O–H groups in total. The van der Waals surface area contributed by atoms with Crippen LogP contribution in [0, 0.1) is 0 Å². The van der Waals surface area contributed by atoms with E-state index in [0.29, 0.717) is 12.4 Å². The topological polar surface area (TPSA) is 75.2 Å². The van der Waals surface area contributed by atoms with Crippen molar-refractivity contribution in [3.63, 3.8) is 0 Å². The fraction of sp³-hybridized carbons (Fsp3) is 0.231. The Morgan fingerprint density at radius 3 is 2.79 bits per heavy atom. The molecule has 1 aromatic heterocycles. The normalized spacial score (nSPS) is 16.1. The van der Waals surface area contributed by atoms with E-state index < -0.39 is 5.79 Å². The van der Waals surface area contributed by atoms with Gasteiger partial charge in [0.1, 0.15) is 12.5 Å². The maximum Gasteiger partial charge on any atom is 0.273 e. The minimum Gasteiger partial charge on any atom is -0.453 e. The van der Waals surface area contributed by atoms with Gasteiger partial charge in [-0.1, -0.05) is 18.2 Å². The average Bonchev–Trinajstić information content (AvgIpc) is 3.00. The molecule has 0 bridgehead atoms. The number of nitrogens with zero attached hydrogens (tertiary/aromatic N) is 3. The summed E-state index contributed by atoms with van der Waals surface area (Å²) in [5.41, 5.74) is 7.53. The number of hydrogen-bond donors (Lipinski definition) is 1. The van der Waals surface area contributed by atoms with Crippen LogP contribution in [-0.2, 0) is 21.8 Å². The summed E-state index contributed by atoms with van der Waals surface area (Å²) < 4.78 is 10.9. The molecule has 0 aliphatic carbocycles. The zero-order chi connectivity index (χ0) is 13.3. The highest BCUT2D eigenvalue weighted by Crippen LogP contribution is 2.31. The molecular formula is C13H14N4O2. The molecular weight excluding hydrogens is 244 g/mol. The number of anilines is 1. The second kappa shape index (κ2) is 4.31. The third-order valence-corrected chi connectivity index (χ3v) is 2.97. The molecule has 6 nitrogen and oxygen atoms in total. The zero-order valence-corrected chi connectivity index (χ0v) is 10.5. The fourth-order valence-corrected chi connectivity index (χ4v) is 1.98. The number of hydrogen-bond acceptors (Lipinski definition) is 5. The SMILES string of the molecule is CC1(c2cccc(Cn3ncc(N)n3)c2)OC=CO1. The number of benzene rings is 1. The van der Waals surface area contributed by atoms with Crippen molar-refractivity contribution in [1.82, 2.24) is 15.0 Å². The lowest BCUT2D eigenvalue weighted by molar-refractivity contribution is -0.133. The van der Waals surface area contributed by atoms with Crippen LogP contribution in [0.15, 0.2) is 43.0 Å². The Morgan fingerprint density at radius 1 is 1.32 bits per heavy atom. The predicted octanol–water partition coefficient (Wildman–Crippen LogP) is 1.60. The van der Waals surface area contributed by atoms with Crippen LogP contribution in [0.2, 0.25) is 0 Å². The Balaban J connectivity index is 1.84. The number of rotatable bonds is 3. The molecule has 0 radical (unpaired) electrons. The van der Waals surface area contributed by atoms with Gasteiger partial charge in [0.05, 0.1) is 12.7 Å². The fourth-order valence-electron chi connectivity index (χ4n) is 1.98. The van der Waals surface area contributed by atoms with Crippen LogP contribution >= 0.6 is 0 Å². The van der Waals surface area contributed by atoms with Crippen molar-refractivity contribution in [3.8, 4) is 0 Å². The summed E-state index contributed by atoms with van der Waals surface area (Å²) in [4.78, 5) is 1.55. The van der Waals surface area contributed by atoms with Gasteiger partial charge in [-0.25, -0.2) is 0 Å². The van der Waals surface area contributed by atoms with E-state index in [1.54, 1.807) is 17.3 Å². The van der Waals surface area contributed by atoms with Crippen molar-refractivity contribution < 1.29 is 9.47 Å². The van der Waals surface area contributed by atoms with Crippen LogP contribution < -0.4 is 5.73 Å². The average molecular weight is 258 g/mol. The molecule has 98 valence electrons. The van der Waals surface area contributed by atoms with Crippen LogP contribution in [0.1, 0.15) is 18.1 Å². The molecule has 1 aliphatic heterocycles. The van der Waals surface area contributed by atoms with Crippen molar-refractivity contribution in [2.24, 2.45) is 0 Å². The molecule has 0 fully saturated rings. The summed E-state index contributed by atoms with van der Waals surface area (Å²) in [6.07, 6.45) is 4.61. The number of nitrogens with two attached hydrogens (primary N) is 1. The summed E-state index contributed by atoms with van der Waals surface area (Å²) in [7, 11) is 0. The van der Waals surface area contributed by atoms with E-state index in [1.807, 2.05) is 31.2 Å². The molecule has 0 saturated heterocycles. The minimum absolute atomic E-state index is 0.412. The van der Waals surface area contributed by atoms with Gasteiger partial charge in [-0.15, -0.1) is 5.10 Å². The zero-order valence-electron chi connectivity index (χ0n) is 10.5. The van der Waals surface area contributed by atoms with Gasteiger partial charge >= 0.3 is 0 Å². The van der Waals surface area contributed by atoms with Crippen molar-refractivity contribution in [3.05, 3.63) is 54.1 Å². The summed E-state index contributed by atoms with van der Waals surface area (Å²) in [6.45, 7) is 2.42. The second-order valence-corrected chi connectivity index (χ2v) is 4.45. The van der Waals surface area contributed by atoms with Crippen LogP contribution in [0.3, 0.4) is 0 Å². The predicted molar refractivity (Wildman–Crippen MR) is 68.6 cm³/mol. The summed E-state index contributed by atoms with van der Waals surface area (Å²) in [6, 6.07) is 7.91. The van der Waals surface area contributed by atoms with Crippen molar-refractivity contribution >= 4 is 5.82 Å². The third kappa shape index (κ3) is 2.24. The van der Waals surface area contributed by atoms with E-state index in [9.17, 15) is 0 Å². The first kappa shape index (κ1) is 11.6. The lowest BCUT2D eigenvalue weighted by Crippen LogP contribution is -2.22. The first-order valence-corrected chi connectivity index (χ1v) is 5.91. The maximum absolute atomic E-state index is 5.54. The molecule has 0 spiro atoms. The number of nitrogen functional groups attached to an aromatic ring is 1. The molecule has 0 unspecified atom stereocenters. The van der Waals surface area contributed by atoms with Crippen LogP contribution in [0.4, 0.5) is 5.82 Å². The Labute approximate surface area is 110 Å². The molecule has 1 aromatic carbocycles. The van der Waals surface area contributed by atoms with Gasteiger partial charge in [0.15, 0.2) is 5.82 Å². The molecule has 0 atom stereocenters. The number of ether oxygens (including phenoxy) is 2. The Morgan fingerprint density at radius 2 is 2.11 bits per heavy atom. The Kier molecular flexibility index (Phi) is 2.63. The Hall–Kier alpha value is -2.50. The lowest BCUT2D eigenvalue weighted by Gasteiger charge is -2.23. The summed E-state index contributed by atoms with van der Waals surface area (Å²) in [5, 5.41) is 8.12. The molecule has 19 heavy (non-hydrogen) atoms. The highest BCUT2D eigenvalue weighted by atomic mass is 16.7. The highest BCUT2D eigenvalue weighted by Gasteiger charge is 2.31. The molecule has 0 saturated carbocycles. The van der Waals surface area contributed by atoms with Crippen molar-refractivity contribution in [1.29, 1.82) is 0 Å². The second-order valence-electron chi connectivity index (χ2n) is 4.45. The molecule has 1 aliphatic rings. The van der Waals surface area contributed by atoms with Gasteiger partial charge in [-0.3, -0.25) is 0 Å². The molecule has 3 rings (SSSR count). The van der Waals surface area contributed by atoms with E-state index in [1.165, 1.54) is 6.20 Å². The Bertz CT molecular complexity index is 613. The lowest BCUT2D eigenvalue weighted by atomic mass is 10.0. The van der Waals surface area contributed by atoms with E-state index in [4.69, 9.17) is 15.2 Å². The van der Waals surface area contributed by atoms with E-state index in [-0.39, 0.29) is 0 Å². The van der Waals surface area contributed by atoms with Crippen molar-refractivity contribution in [2.45, 2.75) is 19.3 Å². The van der Waals surface area contributed by atoms with Crippen LogP contribution in [0.25, 0.3) is 0 Å². The highest BCUT2D eigenvalue weighted by molar-refractivity contribution is 5.28.